The smallest absolute Gasteiger partial charge is 0.418 e. The summed E-state index contributed by atoms with van der Waals surface area (Å²) in [7, 11) is 2.85. The molecule has 1 amide bonds. The van der Waals surface area contributed by atoms with Crippen molar-refractivity contribution in [3.8, 4) is 22.8 Å². The van der Waals surface area contributed by atoms with Crippen molar-refractivity contribution in [3.05, 3.63) is 47.5 Å². The van der Waals surface area contributed by atoms with Crippen LogP contribution in [-0.2, 0) is 4.74 Å². The maximum absolute atomic E-state index is 13.9. The number of nitrogens with one attached hydrogen (secondary N) is 1. The van der Waals surface area contributed by atoms with E-state index in [2.05, 4.69) is 4.98 Å². The molecule has 1 unspecified atom stereocenters. The number of carbonyl (C=O) groups is 1. The van der Waals surface area contributed by atoms with Crippen LogP contribution in [0.4, 0.5) is 18.0 Å². The van der Waals surface area contributed by atoms with E-state index >= 15 is 0 Å². The van der Waals surface area contributed by atoms with Crippen molar-refractivity contribution in [1.82, 2.24) is 9.88 Å². The molecule has 206 valence electrons. The molecule has 1 aromatic heterocycles. The van der Waals surface area contributed by atoms with Gasteiger partial charge in [0.15, 0.2) is 17.6 Å². The Morgan fingerprint density at radius 2 is 1.76 bits per heavy atom. The second-order valence-corrected chi connectivity index (χ2v) is 10.4. The SMILES string of the molecule is COc1cccc(-c2[nH]c3ccc(C4CCN(C(=O)OC(C)(C)C)CC4)cc3c2C(O)C(F)(F)F)c1OC. The summed E-state index contributed by atoms with van der Waals surface area (Å²) < 4.78 is 57.9. The van der Waals surface area contributed by atoms with Gasteiger partial charge in [0.2, 0.25) is 0 Å². The summed E-state index contributed by atoms with van der Waals surface area (Å²) in [6.45, 7) is 6.40. The Morgan fingerprint density at radius 3 is 2.34 bits per heavy atom. The third-order valence-corrected chi connectivity index (χ3v) is 6.74. The van der Waals surface area contributed by atoms with Gasteiger partial charge in [0, 0.05) is 35.1 Å². The van der Waals surface area contributed by atoms with Crippen molar-refractivity contribution in [2.45, 2.75) is 57.4 Å². The largest absolute Gasteiger partial charge is 0.493 e. The van der Waals surface area contributed by atoms with Gasteiger partial charge in [-0.25, -0.2) is 4.79 Å². The number of amides is 1. The molecule has 7 nitrogen and oxygen atoms in total. The van der Waals surface area contributed by atoms with Crippen molar-refractivity contribution in [2.75, 3.05) is 27.3 Å². The first-order valence-corrected chi connectivity index (χ1v) is 12.4. The van der Waals surface area contributed by atoms with Gasteiger partial charge in [0.05, 0.1) is 19.9 Å². The average molecular weight is 535 g/mol. The summed E-state index contributed by atoms with van der Waals surface area (Å²) in [5.41, 5.74) is 0.892. The lowest BCUT2D eigenvalue weighted by Gasteiger charge is -2.33. The molecule has 1 aliphatic heterocycles. The van der Waals surface area contributed by atoms with E-state index in [0.29, 0.717) is 42.8 Å². The minimum Gasteiger partial charge on any atom is -0.493 e. The van der Waals surface area contributed by atoms with Gasteiger partial charge in [0.25, 0.3) is 0 Å². The number of rotatable bonds is 5. The molecule has 1 aliphatic rings. The van der Waals surface area contributed by atoms with Crippen LogP contribution in [0.25, 0.3) is 22.2 Å². The number of carbonyl (C=O) groups excluding carboxylic acids is 1. The third-order valence-electron chi connectivity index (χ3n) is 6.74. The molecular weight excluding hydrogens is 501 g/mol. The Bertz CT molecular complexity index is 1300. The Hall–Kier alpha value is -3.40. The molecular formula is C28H33F3N2O5. The molecule has 1 fully saturated rings. The molecule has 2 heterocycles. The molecule has 0 aliphatic carbocycles. The van der Waals surface area contributed by atoms with E-state index in [1.807, 2.05) is 26.8 Å². The Kier molecular flexibility index (Phi) is 7.56. The van der Waals surface area contributed by atoms with Gasteiger partial charge in [-0.15, -0.1) is 0 Å². The number of ether oxygens (including phenoxy) is 3. The Morgan fingerprint density at radius 1 is 1.08 bits per heavy atom. The number of hydrogen-bond acceptors (Lipinski definition) is 5. The number of aromatic amines is 1. The lowest BCUT2D eigenvalue weighted by atomic mass is 9.88. The number of H-pyrrole nitrogens is 1. The van der Waals surface area contributed by atoms with Crippen LogP contribution in [0.1, 0.15) is 56.8 Å². The predicted octanol–water partition coefficient (Wildman–Crippen LogP) is 6.56. The van der Waals surface area contributed by atoms with E-state index in [0.717, 1.165) is 5.56 Å². The van der Waals surface area contributed by atoms with Crippen molar-refractivity contribution < 1.29 is 37.3 Å². The van der Waals surface area contributed by atoms with E-state index in [1.165, 1.54) is 14.2 Å². The highest BCUT2D eigenvalue weighted by atomic mass is 19.4. The fourth-order valence-electron chi connectivity index (χ4n) is 4.95. The molecule has 0 spiro atoms. The summed E-state index contributed by atoms with van der Waals surface area (Å²) in [6.07, 6.45) is -6.69. The van der Waals surface area contributed by atoms with E-state index in [9.17, 15) is 23.1 Å². The molecule has 0 saturated carbocycles. The number of fused-ring (bicyclic) bond motifs is 1. The zero-order valence-corrected chi connectivity index (χ0v) is 22.1. The van der Waals surface area contributed by atoms with Gasteiger partial charge in [0.1, 0.15) is 5.60 Å². The third kappa shape index (κ3) is 5.55. The van der Waals surface area contributed by atoms with Crippen LogP contribution in [-0.4, -0.2) is 60.2 Å². The summed E-state index contributed by atoms with van der Waals surface area (Å²) in [5.74, 6) is 0.652. The predicted molar refractivity (Wildman–Crippen MR) is 138 cm³/mol. The average Bonchev–Trinajstić information content (AvgIpc) is 3.24. The summed E-state index contributed by atoms with van der Waals surface area (Å²) in [5, 5.41) is 10.8. The number of alkyl halides is 3. The Balaban J connectivity index is 1.73. The quantitative estimate of drug-likeness (QED) is 0.387. The van der Waals surface area contributed by atoms with E-state index in [-0.39, 0.29) is 34.4 Å². The number of aliphatic hydroxyl groups excluding tert-OH is 1. The van der Waals surface area contributed by atoms with Crippen LogP contribution >= 0.6 is 0 Å². The Labute approximate surface area is 219 Å². The van der Waals surface area contributed by atoms with Crippen LogP contribution in [0.2, 0.25) is 0 Å². The van der Waals surface area contributed by atoms with Crippen molar-refractivity contribution in [2.24, 2.45) is 0 Å². The summed E-state index contributed by atoms with van der Waals surface area (Å²) in [6, 6.07) is 10.2. The topological polar surface area (TPSA) is 84.0 Å². The van der Waals surface area contributed by atoms with Gasteiger partial charge < -0.3 is 29.2 Å². The van der Waals surface area contributed by atoms with Crippen LogP contribution < -0.4 is 9.47 Å². The number of methoxy groups -OCH3 is 2. The first-order valence-electron chi connectivity index (χ1n) is 12.4. The molecule has 4 rings (SSSR count). The molecule has 10 heteroatoms. The van der Waals surface area contributed by atoms with Crippen LogP contribution in [0.3, 0.4) is 0 Å². The molecule has 2 N–H and O–H groups in total. The van der Waals surface area contributed by atoms with Gasteiger partial charge in [-0.1, -0.05) is 12.1 Å². The number of benzene rings is 2. The highest BCUT2D eigenvalue weighted by Gasteiger charge is 2.43. The van der Waals surface area contributed by atoms with E-state index in [1.54, 1.807) is 35.2 Å². The second-order valence-electron chi connectivity index (χ2n) is 10.4. The summed E-state index contributed by atoms with van der Waals surface area (Å²) in [4.78, 5) is 17.2. The van der Waals surface area contributed by atoms with E-state index < -0.39 is 17.9 Å². The molecule has 1 atom stereocenters. The number of likely N-dealkylation sites (tertiary alicyclic amines) is 1. The first-order chi connectivity index (χ1) is 17.8. The van der Waals surface area contributed by atoms with Crippen molar-refractivity contribution in [3.63, 3.8) is 0 Å². The highest BCUT2D eigenvalue weighted by Crippen LogP contribution is 2.46. The molecule has 1 saturated heterocycles. The number of aromatic nitrogens is 1. The number of halogens is 3. The fourth-order valence-corrected chi connectivity index (χ4v) is 4.95. The number of aliphatic hydroxyl groups is 1. The van der Waals surface area contributed by atoms with Crippen LogP contribution in [0.5, 0.6) is 11.5 Å². The second kappa shape index (κ2) is 10.4. The number of para-hydroxylation sites is 1. The molecule has 2 aromatic carbocycles. The van der Waals surface area contributed by atoms with Gasteiger partial charge in [-0.2, -0.15) is 13.2 Å². The fraction of sp³-hybridized carbons (Fsp3) is 0.464. The van der Waals surface area contributed by atoms with E-state index in [4.69, 9.17) is 14.2 Å². The number of nitrogens with zero attached hydrogens (tertiary/aromatic N) is 1. The van der Waals surface area contributed by atoms with Crippen LogP contribution in [0, 0.1) is 0 Å². The molecule has 0 bridgehead atoms. The standard InChI is InChI=1S/C28H33F3N2O5/c1-27(2,3)38-26(35)33-13-11-16(12-14-33)17-9-10-20-19(15-17)22(25(34)28(29,30)31)23(32-20)18-7-6-8-21(36-4)24(18)37-5/h6-10,15-16,25,32,34H,11-14H2,1-5H3. The zero-order chi connectivity index (χ0) is 27.8. The van der Waals surface area contributed by atoms with Crippen molar-refractivity contribution in [1.29, 1.82) is 0 Å². The van der Waals surface area contributed by atoms with Gasteiger partial charge >= 0.3 is 12.3 Å². The van der Waals surface area contributed by atoms with Gasteiger partial charge in [-0.05, 0) is 69.4 Å². The minimum atomic E-state index is -4.88. The maximum Gasteiger partial charge on any atom is 0.418 e. The van der Waals surface area contributed by atoms with Gasteiger partial charge in [-0.3, -0.25) is 0 Å². The highest BCUT2D eigenvalue weighted by molar-refractivity contribution is 5.93. The number of hydrogen-bond donors (Lipinski definition) is 2. The van der Waals surface area contributed by atoms with Crippen molar-refractivity contribution >= 4 is 17.0 Å². The summed E-state index contributed by atoms with van der Waals surface area (Å²) >= 11 is 0. The molecule has 0 radical (unpaired) electrons. The lowest BCUT2D eigenvalue weighted by Crippen LogP contribution is -2.41. The zero-order valence-electron chi connectivity index (χ0n) is 22.1. The molecule has 38 heavy (non-hydrogen) atoms. The normalized spacial score (nSPS) is 16.0. The first kappa shape index (κ1) is 27.6. The minimum absolute atomic E-state index is 0.0404. The number of piperidine rings is 1. The monoisotopic (exact) mass is 534 g/mol. The lowest BCUT2D eigenvalue weighted by molar-refractivity contribution is -0.206. The molecule has 3 aromatic rings. The van der Waals surface area contributed by atoms with Crippen LogP contribution in [0.15, 0.2) is 36.4 Å². The maximum atomic E-state index is 13.9.